The van der Waals surface area contributed by atoms with Gasteiger partial charge in [0.25, 0.3) is 5.69 Å². The molecule has 104 valence electrons. The highest BCUT2D eigenvalue weighted by atomic mass is 127. The first-order valence-electron chi connectivity index (χ1n) is 5.46. The molecule has 2 aromatic rings. The molecule has 0 spiro atoms. The molecule has 0 radical (unpaired) electrons. The minimum absolute atomic E-state index is 0.108. The number of hydrogen-bond donors (Lipinski definition) is 0. The first kappa shape index (κ1) is 14.5. The van der Waals surface area contributed by atoms with E-state index < -0.39 is 10.7 Å². The quantitative estimate of drug-likeness (QED) is 0.448. The summed E-state index contributed by atoms with van der Waals surface area (Å²) < 4.78 is 24.5. The number of nitro benzene ring substituents is 1. The lowest BCUT2D eigenvalue weighted by molar-refractivity contribution is -0.384. The molecule has 20 heavy (non-hydrogen) atoms. The Labute approximate surface area is 127 Å². The third-order valence-corrected chi connectivity index (χ3v) is 3.04. The van der Waals surface area contributed by atoms with Crippen LogP contribution in [0.25, 0.3) is 0 Å². The van der Waals surface area contributed by atoms with Crippen molar-refractivity contribution in [2.45, 2.75) is 0 Å². The summed E-state index contributed by atoms with van der Waals surface area (Å²) in [6.45, 7) is 0. The molecule has 0 heterocycles. The van der Waals surface area contributed by atoms with Gasteiger partial charge in [-0.2, -0.15) is 0 Å². The van der Waals surface area contributed by atoms with Crippen LogP contribution in [0.2, 0.25) is 0 Å². The van der Waals surface area contributed by atoms with Crippen molar-refractivity contribution < 1.29 is 18.8 Å². The van der Waals surface area contributed by atoms with Crippen LogP contribution >= 0.6 is 22.6 Å². The van der Waals surface area contributed by atoms with Crippen molar-refractivity contribution in [3.8, 4) is 17.2 Å². The standard InChI is InChI=1S/C13H9FINO4/c1-19-13-7-10(16(17)18)2-3-12(13)20-11-5-8(14)4-9(15)6-11/h2-7H,1H3. The minimum Gasteiger partial charge on any atom is -0.493 e. The van der Waals surface area contributed by atoms with E-state index in [1.54, 1.807) is 6.07 Å². The van der Waals surface area contributed by atoms with Crippen molar-refractivity contribution in [3.63, 3.8) is 0 Å². The first-order chi connectivity index (χ1) is 9.49. The normalized spacial score (nSPS) is 10.2. The molecule has 0 aromatic heterocycles. The first-order valence-corrected chi connectivity index (χ1v) is 6.54. The van der Waals surface area contributed by atoms with Crippen LogP contribution in [0.1, 0.15) is 0 Å². The van der Waals surface area contributed by atoms with Gasteiger partial charge in [-0.05, 0) is 40.8 Å². The Bertz CT molecular complexity index is 643. The van der Waals surface area contributed by atoms with E-state index in [1.807, 2.05) is 22.6 Å². The highest BCUT2D eigenvalue weighted by Crippen LogP contribution is 2.35. The Morgan fingerprint density at radius 1 is 1.20 bits per heavy atom. The fraction of sp³-hybridized carbons (Fsp3) is 0.0769. The maximum atomic E-state index is 13.3. The van der Waals surface area contributed by atoms with Gasteiger partial charge in [-0.1, -0.05) is 0 Å². The van der Waals surface area contributed by atoms with Crippen LogP contribution in [0.15, 0.2) is 36.4 Å². The predicted octanol–water partition coefficient (Wildman–Crippen LogP) is 4.14. The molecule has 0 saturated heterocycles. The van der Waals surface area contributed by atoms with Gasteiger partial charge in [0, 0.05) is 15.7 Å². The van der Waals surface area contributed by atoms with Gasteiger partial charge in [0.1, 0.15) is 11.6 Å². The van der Waals surface area contributed by atoms with Crippen molar-refractivity contribution in [3.05, 3.63) is 55.9 Å². The van der Waals surface area contributed by atoms with E-state index in [2.05, 4.69) is 0 Å². The van der Waals surface area contributed by atoms with Crippen molar-refractivity contribution in [1.82, 2.24) is 0 Å². The SMILES string of the molecule is COc1cc([N+](=O)[O-])ccc1Oc1cc(F)cc(I)c1. The Morgan fingerprint density at radius 2 is 1.95 bits per heavy atom. The van der Waals surface area contributed by atoms with Gasteiger partial charge in [-0.15, -0.1) is 0 Å². The average Bonchev–Trinajstić information content (AvgIpc) is 2.37. The van der Waals surface area contributed by atoms with E-state index in [4.69, 9.17) is 9.47 Å². The fourth-order valence-electron chi connectivity index (χ4n) is 1.57. The molecule has 0 aliphatic rings. The van der Waals surface area contributed by atoms with Crippen LogP contribution in [-0.4, -0.2) is 12.0 Å². The second-order valence-electron chi connectivity index (χ2n) is 3.80. The number of methoxy groups -OCH3 is 1. The summed E-state index contributed by atoms with van der Waals surface area (Å²) in [6, 6.07) is 8.18. The summed E-state index contributed by atoms with van der Waals surface area (Å²) in [5, 5.41) is 10.7. The summed E-state index contributed by atoms with van der Waals surface area (Å²) in [5.74, 6) is 0.354. The fourth-order valence-corrected chi connectivity index (χ4v) is 2.17. The number of hydrogen-bond acceptors (Lipinski definition) is 4. The van der Waals surface area contributed by atoms with Gasteiger partial charge in [-0.3, -0.25) is 10.1 Å². The van der Waals surface area contributed by atoms with E-state index in [1.165, 1.54) is 37.4 Å². The molecule has 2 rings (SSSR count). The van der Waals surface area contributed by atoms with Crippen LogP contribution in [0, 0.1) is 19.5 Å². The topological polar surface area (TPSA) is 61.6 Å². The van der Waals surface area contributed by atoms with Gasteiger partial charge in [0.05, 0.1) is 18.1 Å². The van der Waals surface area contributed by atoms with Crippen molar-refractivity contribution >= 4 is 28.3 Å². The maximum Gasteiger partial charge on any atom is 0.273 e. The molecule has 7 heteroatoms. The molecule has 0 bridgehead atoms. The Hall–Kier alpha value is -1.90. The molecule has 0 fully saturated rings. The highest BCUT2D eigenvalue weighted by molar-refractivity contribution is 14.1. The summed E-state index contributed by atoms with van der Waals surface area (Å²) in [7, 11) is 1.38. The van der Waals surface area contributed by atoms with Gasteiger partial charge < -0.3 is 9.47 Å². The van der Waals surface area contributed by atoms with E-state index in [9.17, 15) is 14.5 Å². The van der Waals surface area contributed by atoms with E-state index in [0.29, 0.717) is 9.32 Å². The lowest BCUT2D eigenvalue weighted by atomic mass is 10.2. The van der Waals surface area contributed by atoms with Crippen molar-refractivity contribution in [2.75, 3.05) is 7.11 Å². The Morgan fingerprint density at radius 3 is 2.55 bits per heavy atom. The molecule has 0 N–H and O–H groups in total. The number of nitrogens with zero attached hydrogens (tertiary/aromatic N) is 1. The molecule has 5 nitrogen and oxygen atoms in total. The Kier molecular flexibility index (Phi) is 4.38. The number of rotatable bonds is 4. The second-order valence-corrected chi connectivity index (χ2v) is 5.05. The summed E-state index contributed by atoms with van der Waals surface area (Å²) in [6.07, 6.45) is 0. The van der Waals surface area contributed by atoms with E-state index >= 15 is 0 Å². The van der Waals surface area contributed by atoms with Crippen LogP contribution in [0.5, 0.6) is 17.2 Å². The zero-order chi connectivity index (χ0) is 14.7. The summed E-state index contributed by atoms with van der Waals surface area (Å²) in [5.41, 5.74) is -0.108. The van der Waals surface area contributed by atoms with Gasteiger partial charge in [0.2, 0.25) is 0 Å². The summed E-state index contributed by atoms with van der Waals surface area (Å²) in [4.78, 5) is 10.2. The number of benzene rings is 2. The largest absolute Gasteiger partial charge is 0.493 e. The monoisotopic (exact) mass is 389 g/mol. The highest BCUT2D eigenvalue weighted by Gasteiger charge is 2.13. The lowest BCUT2D eigenvalue weighted by Crippen LogP contribution is -1.94. The number of ether oxygens (including phenoxy) is 2. The third kappa shape index (κ3) is 3.35. The molecule has 0 aliphatic carbocycles. The minimum atomic E-state index is -0.530. The molecule has 0 aliphatic heterocycles. The average molecular weight is 389 g/mol. The number of halogens is 2. The van der Waals surface area contributed by atoms with Gasteiger partial charge in [0.15, 0.2) is 11.5 Å². The van der Waals surface area contributed by atoms with Crippen molar-refractivity contribution in [1.29, 1.82) is 0 Å². The zero-order valence-corrected chi connectivity index (χ0v) is 12.5. The van der Waals surface area contributed by atoms with Crippen molar-refractivity contribution in [2.24, 2.45) is 0 Å². The molecule has 0 saturated carbocycles. The smallest absolute Gasteiger partial charge is 0.273 e. The van der Waals surface area contributed by atoms with Crippen LogP contribution in [-0.2, 0) is 0 Å². The molecule has 0 atom stereocenters. The maximum absolute atomic E-state index is 13.3. The second kappa shape index (κ2) is 6.04. The third-order valence-electron chi connectivity index (χ3n) is 2.42. The van der Waals surface area contributed by atoms with Crippen LogP contribution < -0.4 is 9.47 Å². The Balaban J connectivity index is 2.35. The number of non-ortho nitro benzene ring substituents is 1. The van der Waals surface area contributed by atoms with Crippen LogP contribution in [0.3, 0.4) is 0 Å². The van der Waals surface area contributed by atoms with E-state index in [0.717, 1.165) is 0 Å². The zero-order valence-electron chi connectivity index (χ0n) is 10.3. The molecular formula is C13H9FINO4. The van der Waals surface area contributed by atoms with E-state index in [-0.39, 0.29) is 17.2 Å². The predicted molar refractivity (Wildman–Crippen MR) is 78.8 cm³/mol. The lowest BCUT2D eigenvalue weighted by Gasteiger charge is -2.10. The summed E-state index contributed by atoms with van der Waals surface area (Å²) >= 11 is 1.97. The van der Waals surface area contributed by atoms with Gasteiger partial charge >= 0.3 is 0 Å². The molecule has 2 aromatic carbocycles. The van der Waals surface area contributed by atoms with Gasteiger partial charge in [-0.25, -0.2) is 4.39 Å². The molecular weight excluding hydrogens is 380 g/mol. The number of nitro groups is 1. The molecule has 0 amide bonds. The molecule has 0 unspecified atom stereocenters. The van der Waals surface area contributed by atoms with Crippen LogP contribution in [0.4, 0.5) is 10.1 Å².